The number of amides is 2. The summed E-state index contributed by atoms with van der Waals surface area (Å²) in [5, 5.41) is 0. The second kappa shape index (κ2) is 9.66. The Kier molecular flexibility index (Phi) is 7.56. The van der Waals surface area contributed by atoms with Crippen molar-refractivity contribution >= 4 is 29.1 Å². The van der Waals surface area contributed by atoms with Crippen LogP contribution < -0.4 is 4.74 Å². The Morgan fingerprint density at radius 1 is 0.960 bits per heavy atom. The zero-order valence-corrected chi connectivity index (χ0v) is 16.2. The van der Waals surface area contributed by atoms with Gasteiger partial charge >= 0.3 is 0 Å². The van der Waals surface area contributed by atoms with Crippen LogP contribution in [0, 0.1) is 0 Å². The highest BCUT2D eigenvalue weighted by Gasteiger charge is 2.38. The Morgan fingerprint density at radius 3 is 2.28 bits per heavy atom. The van der Waals surface area contributed by atoms with Crippen molar-refractivity contribution in [3.63, 3.8) is 0 Å². The lowest BCUT2D eigenvalue weighted by Gasteiger charge is -2.14. The van der Waals surface area contributed by atoms with E-state index in [9.17, 15) is 9.59 Å². The van der Waals surface area contributed by atoms with Gasteiger partial charge in [0.2, 0.25) is 0 Å². The predicted molar refractivity (Wildman–Crippen MR) is 104 cm³/mol. The van der Waals surface area contributed by atoms with E-state index < -0.39 is 0 Å². The van der Waals surface area contributed by atoms with E-state index >= 15 is 0 Å². The van der Waals surface area contributed by atoms with Crippen molar-refractivity contribution in [3.05, 3.63) is 34.7 Å². The van der Waals surface area contributed by atoms with Gasteiger partial charge in [-0.1, -0.05) is 45.7 Å². The lowest BCUT2D eigenvalue weighted by atomic mass is 10.1. The summed E-state index contributed by atoms with van der Waals surface area (Å²) in [6.45, 7) is 7.33. The first-order valence-electron chi connectivity index (χ1n) is 9.10. The van der Waals surface area contributed by atoms with Crippen LogP contribution in [0.15, 0.2) is 29.2 Å². The van der Waals surface area contributed by atoms with Gasteiger partial charge in [0.05, 0.1) is 17.1 Å². The molecular formula is C20H27NO3S. The highest BCUT2D eigenvalue weighted by molar-refractivity contribution is 8.04. The van der Waals surface area contributed by atoms with Crippen molar-refractivity contribution in [3.8, 4) is 5.75 Å². The lowest BCUT2D eigenvalue weighted by Crippen LogP contribution is -2.32. The Balaban J connectivity index is 2.25. The van der Waals surface area contributed by atoms with Crippen molar-refractivity contribution < 1.29 is 14.3 Å². The first-order valence-corrected chi connectivity index (χ1v) is 10.1. The quantitative estimate of drug-likeness (QED) is 0.455. The van der Waals surface area contributed by atoms with Crippen LogP contribution in [0.4, 0.5) is 0 Å². The summed E-state index contributed by atoms with van der Waals surface area (Å²) in [5.41, 5.74) is 1.33. The van der Waals surface area contributed by atoms with Gasteiger partial charge in [0.15, 0.2) is 0 Å². The van der Waals surface area contributed by atoms with Crippen LogP contribution in [0.25, 0.3) is 5.57 Å². The zero-order chi connectivity index (χ0) is 18.2. The summed E-state index contributed by atoms with van der Waals surface area (Å²) in [5.74, 6) is 1.24. The van der Waals surface area contributed by atoms with Crippen LogP contribution in [0.3, 0.4) is 0 Å². The molecule has 0 aliphatic carbocycles. The Morgan fingerprint density at radius 2 is 1.68 bits per heavy atom. The number of nitrogens with zero attached hydrogens (tertiary/aromatic N) is 1. The van der Waals surface area contributed by atoms with Gasteiger partial charge in [-0.05, 0) is 36.3 Å². The van der Waals surface area contributed by atoms with Gasteiger partial charge in [-0.2, -0.15) is 0 Å². The monoisotopic (exact) mass is 361 g/mol. The molecule has 0 radical (unpaired) electrons. The zero-order valence-electron chi connectivity index (χ0n) is 15.3. The number of carbonyl (C=O) groups excluding carboxylic acids is 2. The van der Waals surface area contributed by atoms with Crippen LogP contribution in [-0.4, -0.2) is 35.6 Å². The maximum atomic E-state index is 12.9. The van der Waals surface area contributed by atoms with E-state index in [2.05, 4.69) is 13.8 Å². The van der Waals surface area contributed by atoms with E-state index in [1.165, 1.54) is 16.7 Å². The maximum Gasteiger partial charge on any atom is 0.267 e. The summed E-state index contributed by atoms with van der Waals surface area (Å²) in [6, 6.07) is 7.47. The summed E-state index contributed by atoms with van der Waals surface area (Å²) in [6.07, 6.45) is 3.89. The average molecular weight is 362 g/mol. The van der Waals surface area contributed by atoms with Crippen molar-refractivity contribution in [2.75, 3.05) is 18.9 Å². The molecule has 0 spiro atoms. The summed E-state index contributed by atoms with van der Waals surface area (Å²) in [7, 11) is 0. The summed E-state index contributed by atoms with van der Waals surface area (Å²) < 4.78 is 5.60. The number of thioether (sulfide) groups is 1. The summed E-state index contributed by atoms with van der Waals surface area (Å²) in [4.78, 5) is 27.5. The van der Waals surface area contributed by atoms with Gasteiger partial charge in [-0.15, -0.1) is 11.8 Å². The molecule has 0 saturated heterocycles. The molecule has 0 aromatic heterocycles. The second-order valence-electron chi connectivity index (χ2n) is 5.98. The Labute approximate surface area is 154 Å². The number of unbranched alkanes of at least 4 members (excludes halogenated alkanes) is 2. The Hall–Kier alpha value is -1.75. The minimum absolute atomic E-state index is 0.144. The molecule has 2 amide bonds. The van der Waals surface area contributed by atoms with E-state index in [1.54, 1.807) is 0 Å². The highest BCUT2D eigenvalue weighted by atomic mass is 32.2. The van der Waals surface area contributed by atoms with Crippen molar-refractivity contribution in [1.82, 2.24) is 4.90 Å². The third-order valence-electron chi connectivity index (χ3n) is 4.02. The molecule has 2 rings (SSSR count). The minimum Gasteiger partial charge on any atom is -0.494 e. The number of hydrogen-bond acceptors (Lipinski definition) is 4. The molecule has 5 heteroatoms. The molecule has 1 heterocycles. The summed E-state index contributed by atoms with van der Waals surface area (Å²) >= 11 is 1.45. The lowest BCUT2D eigenvalue weighted by molar-refractivity contribution is -0.136. The standard InChI is InChI=1S/C20H27NO3S/c1-4-7-8-13-21-19(22)17(18(20(21)23)25-6-3)15-9-11-16(12-10-15)24-14-5-2/h9-12H,4-8,13-14H2,1-3H3. The molecule has 0 fully saturated rings. The molecule has 1 aromatic rings. The van der Waals surface area contributed by atoms with Crippen molar-refractivity contribution in [1.29, 1.82) is 0 Å². The number of imide groups is 1. The number of benzene rings is 1. The largest absolute Gasteiger partial charge is 0.494 e. The van der Waals surface area contributed by atoms with E-state index in [1.807, 2.05) is 31.2 Å². The maximum absolute atomic E-state index is 12.9. The van der Waals surface area contributed by atoms with Gasteiger partial charge in [0.25, 0.3) is 11.8 Å². The van der Waals surface area contributed by atoms with Crippen LogP contribution >= 0.6 is 11.8 Å². The molecule has 0 N–H and O–H groups in total. The normalized spacial score (nSPS) is 14.6. The molecular weight excluding hydrogens is 334 g/mol. The third-order valence-corrected chi connectivity index (χ3v) is 4.97. The van der Waals surface area contributed by atoms with Gasteiger partial charge in [0, 0.05) is 6.54 Å². The first-order chi connectivity index (χ1) is 12.1. The van der Waals surface area contributed by atoms with Gasteiger partial charge < -0.3 is 4.74 Å². The van der Waals surface area contributed by atoms with Crippen LogP contribution in [0.2, 0.25) is 0 Å². The van der Waals surface area contributed by atoms with Gasteiger partial charge in [-0.3, -0.25) is 14.5 Å². The molecule has 4 nitrogen and oxygen atoms in total. The highest BCUT2D eigenvalue weighted by Crippen LogP contribution is 2.36. The predicted octanol–water partition coefficient (Wildman–Crippen LogP) is 4.50. The third kappa shape index (κ3) is 4.66. The molecule has 0 unspecified atom stereocenters. The number of ether oxygens (including phenoxy) is 1. The van der Waals surface area contributed by atoms with Gasteiger partial charge in [-0.25, -0.2) is 0 Å². The van der Waals surface area contributed by atoms with Crippen LogP contribution in [0.1, 0.15) is 52.0 Å². The molecule has 136 valence electrons. The smallest absolute Gasteiger partial charge is 0.267 e. The van der Waals surface area contributed by atoms with Crippen molar-refractivity contribution in [2.45, 2.75) is 46.5 Å². The number of rotatable bonds is 10. The molecule has 0 saturated carbocycles. The minimum atomic E-state index is -0.167. The fourth-order valence-electron chi connectivity index (χ4n) is 2.75. The molecule has 1 aromatic carbocycles. The molecule has 25 heavy (non-hydrogen) atoms. The van der Waals surface area contributed by atoms with Crippen molar-refractivity contribution in [2.24, 2.45) is 0 Å². The van der Waals surface area contributed by atoms with E-state index in [0.29, 0.717) is 23.6 Å². The van der Waals surface area contributed by atoms with Gasteiger partial charge in [0.1, 0.15) is 5.75 Å². The number of hydrogen-bond donors (Lipinski definition) is 0. The fraction of sp³-hybridized carbons (Fsp3) is 0.500. The molecule has 0 atom stereocenters. The second-order valence-corrected chi connectivity index (χ2v) is 7.25. The molecule has 0 bridgehead atoms. The Bertz CT molecular complexity index is 637. The van der Waals surface area contributed by atoms with E-state index in [0.717, 1.165) is 42.7 Å². The number of carbonyl (C=O) groups is 2. The first kappa shape index (κ1) is 19.6. The van der Waals surface area contributed by atoms with Crippen LogP contribution in [0.5, 0.6) is 5.75 Å². The fourth-order valence-corrected chi connectivity index (χ4v) is 3.62. The van der Waals surface area contributed by atoms with E-state index in [-0.39, 0.29) is 11.8 Å². The topological polar surface area (TPSA) is 46.6 Å². The molecule has 1 aliphatic rings. The average Bonchev–Trinajstić information content (AvgIpc) is 2.85. The molecule has 1 aliphatic heterocycles. The SMILES string of the molecule is CCCCCN1C(=O)C(SCC)=C(c2ccc(OCCC)cc2)C1=O. The van der Waals surface area contributed by atoms with E-state index in [4.69, 9.17) is 4.74 Å². The van der Waals surface area contributed by atoms with Crippen LogP contribution in [-0.2, 0) is 9.59 Å².